The Bertz CT molecular complexity index is 1280. The Morgan fingerprint density at radius 2 is 1.45 bits per heavy atom. The van der Waals surface area contributed by atoms with Crippen LogP contribution in [0, 0.1) is 13.8 Å². The van der Waals surface area contributed by atoms with Gasteiger partial charge in [-0.1, -0.05) is 6.07 Å². The van der Waals surface area contributed by atoms with Gasteiger partial charge in [0.15, 0.2) is 0 Å². The second-order valence-corrected chi connectivity index (χ2v) is 7.19. The molecular weight excluding hydrogens is 418 g/mol. The molecule has 0 saturated heterocycles. The third-order valence-corrected chi connectivity index (χ3v) is 4.73. The van der Waals surface area contributed by atoms with Crippen molar-refractivity contribution in [2.24, 2.45) is 0 Å². The highest BCUT2D eigenvalue weighted by molar-refractivity contribution is 6.05. The smallest absolute Gasteiger partial charge is 0.277 e. The minimum atomic E-state index is -0.342. The zero-order valence-corrected chi connectivity index (χ0v) is 18.1. The van der Waals surface area contributed by atoms with Gasteiger partial charge in [-0.25, -0.2) is 19.9 Å². The van der Waals surface area contributed by atoms with Gasteiger partial charge in [-0.3, -0.25) is 14.6 Å². The normalized spacial score (nSPS) is 10.5. The highest BCUT2D eigenvalue weighted by Gasteiger charge is 2.20. The minimum absolute atomic E-state index is 0.259. The molecule has 33 heavy (non-hydrogen) atoms. The Morgan fingerprint density at radius 3 is 2.09 bits per heavy atom. The van der Waals surface area contributed by atoms with Crippen molar-refractivity contribution in [2.45, 2.75) is 20.4 Å². The molecule has 3 aromatic heterocycles. The summed E-state index contributed by atoms with van der Waals surface area (Å²) in [6.45, 7) is 3.71. The lowest BCUT2D eigenvalue weighted by Crippen LogP contribution is -2.31. The van der Waals surface area contributed by atoms with Crippen molar-refractivity contribution < 1.29 is 9.59 Å². The first kappa shape index (κ1) is 21.7. The molecule has 9 nitrogen and oxygen atoms in total. The number of carbonyl (C=O) groups excluding carboxylic acids is 2. The molecule has 0 atom stereocenters. The van der Waals surface area contributed by atoms with E-state index in [2.05, 4.69) is 30.2 Å². The molecule has 3 heterocycles. The minimum Gasteiger partial charge on any atom is -0.321 e. The topological polar surface area (TPSA) is 114 Å². The van der Waals surface area contributed by atoms with E-state index in [9.17, 15) is 9.59 Å². The summed E-state index contributed by atoms with van der Waals surface area (Å²) in [5.41, 5.74) is 2.50. The Labute approximate surface area is 190 Å². The number of pyridine rings is 1. The summed E-state index contributed by atoms with van der Waals surface area (Å²) in [4.78, 5) is 48.2. The highest BCUT2D eigenvalue weighted by Crippen LogP contribution is 2.22. The molecule has 4 aromatic rings. The standard InChI is InChI=1S/C24H21N7O2/c1-16-25-13-10-21(28-16)23(32)30-18-6-8-20(9-7-18)31(15-19-5-3-4-12-27-19)24(33)22-11-14-26-17(2)29-22/h3-14H,15H2,1-2H3,(H,30,32). The molecule has 0 aliphatic heterocycles. The molecule has 1 N–H and O–H groups in total. The van der Waals surface area contributed by atoms with Crippen LogP contribution in [0.2, 0.25) is 0 Å². The first-order chi connectivity index (χ1) is 16.0. The lowest BCUT2D eigenvalue weighted by molar-refractivity contribution is 0.0978. The van der Waals surface area contributed by atoms with Crippen LogP contribution in [-0.2, 0) is 6.54 Å². The highest BCUT2D eigenvalue weighted by atomic mass is 16.2. The van der Waals surface area contributed by atoms with E-state index in [1.54, 1.807) is 67.5 Å². The quantitative estimate of drug-likeness (QED) is 0.490. The van der Waals surface area contributed by atoms with Gasteiger partial charge in [-0.15, -0.1) is 0 Å². The van der Waals surface area contributed by atoms with Crippen LogP contribution in [-0.4, -0.2) is 36.7 Å². The molecule has 0 radical (unpaired) electrons. The molecule has 0 bridgehead atoms. The summed E-state index contributed by atoms with van der Waals surface area (Å²) in [7, 11) is 0. The summed E-state index contributed by atoms with van der Waals surface area (Å²) in [6.07, 6.45) is 4.78. The van der Waals surface area contributed by atoms with Gasteiger partial charge < -0.3 is 10.2 Å². The number of amides is 2. The largest absolute Gasteiger partial charge is 0.321 e. The second-order valence-electron chi connectivity index (χ2n) is 7.19. The fourth-order valence-corrected chi connectivity index (χ4v) is 3.15. The third-order valence-electron chi connectivity index (χ3n) is 4.73. The molecular formula is C24H21N7O2. The van der Waals surface area contributed by atoms with Crippen LogP contribution in [0.5, 0.6) is 0 Å². The van der Waals surface area contributed by atoms with Crippen LogP contribution < -0.4 is 10.2 Å². The van der Waals surface area contributed by atoms with E-state index >= 15 is 0 Å². The zero-order valence-electron chi connectivity index (χ0n) is 18.1. The van der Waals surface area contributed by atoms with E-state index in [1.165, 1.54) is 6.20 Å². The Balaban J connectivity index is 1.58. The van der Waals surface area contributed by atoms with Crippen LogP contribution in [0.3, 0.4) is 0 Å². The summed E-state index contributed by atoms with van der Waals surface area (Å²) < 4.78 is 0. The van der Waals surface area contributed by atoms with Gasteiger partial charge in [0.2, 0.25) is 0 Å². The summed E-state index contributed by atoms with van der Waals surface area (Å²) >= 11 is 0. The molecule has 0 spiro atoms. The molecule has 4 rings (SSSR count). The van der Waals surface area contributed by atoms with Crippen molar-refractivity contribution in [3.63, 3.8) is 0 Å². The zero-order chi connectivity index (χ0) is 23.2. The Kier molecular flexibility index (Phi) is 6.40. The van der Waals surface area contributed by atoms with Crippen LogP contribution in [0.15, 0.2) is 73.2 Å². The molecule has 1 aromatic carbocycles. The van der Waals surface area contributed by atoms with Crippen molar-refractivity contribution in [1.29, 1.82) is 0 Å². The van der Waals surface area contributed by atoms with Gasteiger partial charge in [0, 0.05) is 30.0 Å². The predicted octanol–water partition coefficient (Wildman–Crippen LogP) is 3.38. The molecule has 0 fully saturated rings. The average molecular weight is 439 g/mol. The maximum Gasteiger partial charge on any atom is 0.277 e. The van der Waals surface area contributed by atoms with Gasteiger partial charge in [0.25, 0.3) is 11.8 Å². The van der Waals surface area contributed by atoms with E-state index in [-0.39, 0.29) is 29.7 Å². The maximum absolute atomic E-state index is 13.3. The van der Waals surface area contributed by atoms with E-state index in [0.717, 1.165) is 5.69 Å². The van der Waals surface area contributed by atoms with Gasteiger partial charge in [0.05, 0.1) is 12.2 Å². The number of rotatable bonds is 6. The number of nitrogens with one attached hydrogen (secondary N) is 1. The Hall–Kier alpha value is -4.53. The van der Waals surface area contributed by atoms with E-state index in [0.29, 0.717) is 23.0 Å². The summed E-state index contributed by atoms with van der Waals surface area (Å²) in [5.74, 6) is 0.406. The van der Waals surface area contributed by atoms with E-state index in [4.69, 9.17) is 0 Å². The number of aromatic nitrogens is 5. The number of nitrogens with zero attached hydrogens (tertiary/aromatic N) is 6. The molecule has 2 amide bonds. The van der Waals surface area contributed by atoms with Crippen molar-refractivity contribution >= 4 is 23.2 Å². The fourth-order valence-electron chi connectivity index (χ4n) is 3.15. The summed E-state index contributed by atoms with van der Waals surface area (Å²) in [6, 6.07) is 15.6. The van der Waals surface area contributed by atoms with Gasteiger partial charge in [-0.05, 0) is 62.4 Å². The number of carbonyl (C=O) groups is 2. The number of hydrogen-bond acceptors (Lipinski definition) is 7. The Morgan fingerprint density at radius 1 is 0.788 bits per heavy atom. The first-order valence-electron chi connectivity index (χ1n) is 10.2. The third kappa shape index (κ3) is 5.40. The fraction of sp³-hybridized carbons (Fsp3) is 0.125. The van der Waals surface area contributed by atoms with Crippen LogP contribution in [0.1, 0.15) is 38.3 Å². The lowest BCUT2D eigenvalue weighted by Gasteiger charge is -2.22. The molecule has 0 aliphatic carbocycles. The molecule has 0 aliphatic rings. The number of anilines is 2. The van der Waals surface area contributed by atoms with Crippen molar-refractivity contribution in [2.75, 3.05) is 10.2 Å². The van der Waals surface area contributed by atoms with Crippen molar-refractivity contribution in [3.8, 4) is 0 Å². The molecule has 164 valence electrons. The summed E-state index contributed by atoms with van der Waals surface area (Å²) in [5, 5.41) is 2.80. The SMILES string of the molecule is Cc1nccc(C(=O)Nc2ccc(N(Cc3ccccn3)C(=O)c3ccnc(C)n3)cc2)n1. The van der Waals surface area contributed by atoms with E-state index < -0.39 is 0 Å². The molecule has 0 unspecified atom stereocenters. The predicted molar refractivity (Wildman–Crippen MR) is 123 cm³/mol. The number of benzene rings is 1. The van der Waals surface area contributed by atoms with Crippen LogP contribution in [0.25, 0.3) is 0 Å². The van der Waals surface area contributed by atoms with Gasteiger partial charge in [-0.2, -0.15) is 0 Å². The van der Waals surface area contributed by atoms with Crippen LogP contribution >= 0.6 is 0 Å². The van der Waals surface area contributed by atoms with Crippen LogP contribution in [0.4, 0.5) is 11.4 Å². The molecule has 9 heteroatoms. The van der Waals surface area contributed by atoms with Gasteiger partial charge >= 0.3 is 0 Å². The van der Waals surface area contributed by atoms with Crippen molar-refractivity contribution in [3.05, 3.63) is 102 Å². The maximum atomic E-state index is 13.3. The average Bonchev–Trinajstić information content (AvgIpc) is 2.83. The second kappa shape index (κ2) is 9.73. The van der Waals surface area contributed by atoms with Crippen molar-refractivity contribution in [1.82, 2.24) is 24.9 Å². The number of aryl methyl sites for hydroxylation is 2. The van der Waals surface area contributed by atoms with Gasteiger partial charge in [0.1, 0.15) is 23.0 Å². The van der Waals surface area contributed by atoms with E-state index in [1.807, 2.05) is 18.2 Å². The monoisotopic (exact) mass is 439 g/mol. The number of hydrogen-bond donors (Lipinski definition) is 1. The first-order valence-corrected chi connectivity index (χ1v) is 10.2. The lowest BCUT2D eigenvalue weighted by atomic mass is 10.2. The molecule has 0 saturated carbocycles.